The van der Waals surface area contributed by atoms with Crippen LogP contribution in [0.1, 0.15) is 32.6 Å². The van der Waals surface area contributed by atoms with Crippen LogP contribution in [0.4, 0.5) is 0 Å². The third kappa shape index (κ3) is 2.02. The highest BCUT2D eigenvalue weighted by Gasteiger charge is 2.10. The second-order valence-electron chi connectivity index (χ2n) is 3.24. The van der Waals surface area contributed by atoms with Gasteiger partial charge < -0.3 is 0 Å². The van der Waals surface area contributed by atoms with Gasteiger partial charge in [0.2, 0.25) is 0 Å². The highest BCUT2D eigenvalue weighted by molar-refractivity contribution is 5.11. The molecule has 0 aromatic rings. The molecule has 1 aliphatic carbocycles. The van der Waals surface area contributed by atoms with Crippen LogP contribution in [0.5, 0.6) is 0 Å². The lowest BCUT2D eigenvalue weighted by Crippen LogP contribution is -2.03. The lowest BCUT2D eigenvalue weighted by Gasteiger charge is -2.19. The molecule has 10 heavy (non-hydrogen) atoms. The summed E-state index contributed by atoms with van der Waals surface area (Å²) in [5.74, 6) is 0.946. The van der Waals surface area contributed by atoms with Crippen LogP contribution in [0, 0.1) is 5.92 Å². The predicted octanol–water partition coefficient (Wildman–Crippen LogP) is 3.31. The Kier molecular flexibility index (Phi) is 2.73. The number of rotatable bonds is 1. The summed E-state index contributed by atoms with van der Waals surface area (Å²) >= 11 is 0. The van der Waals surface area contributed by atoms with Crippen molar-refractivity contribution in [1.29, 1.82) is 0 Å². The van der Waals surface area contributed by atoms with E-state index in [0.29, 0.717) is 0 Å². The molecule has 0 spiro atoms. The van der Waals surface area contributed by atoms with Crippen LogP contribution >= 0.6 is 0 Å². The molecule has 0 aliphatic heterocycles. The van der Waals surface area contributed by atoms with Crippen molar-refractivity contribution in [2.45, 2.75) is 32.6 Å². The van der Waals surface area contributed by atoms with Gasteiger partial charge in [0.25, 0.3) is 0 Å². The van der Waals surface area contributed by atoms with Crippen LogP contribution in [-0.4, -0.2) is 0 Å². The van der Waals surface area contributed by atoms with E-state index in [1.165, 1.54) is 25.7 Å². The minimum absolute atomic E-state index is 0.946. The van der Waals surface area contributed by atoms with Gasteiger partial charge in [-0.3, -0.25) is 0 Å². The van der Waals surface area contributed by atoms with Gasteiger partial charge in [-0.15, -0.1) is 0 Å². The quantitative estimate of drug-likeness (QED) is 0.518. The van der Waals surface area contributed by atoms with Gasteiger partial charge in [-0.05, 0) is 31.6 Å². The maximum Gasteiger partial charge on any atom is -0.0315 e. The molecule has 1 fully saturated rings. The van der Waals surface area contributed by atoms with Gasteiger partial charge in [0.15, 0.2) is 0 Å². The largest absolute Gasteiger partial charge is 0.0991 e. The third-order valence-corrected chi connectivity index (χ3v) is 2.27. The normalized spacial score (nSPS) is 26.1. The van der Waals surface area contributed by atoms with Crippen molar-refractivity contribution >= 4 is 0 Å². The summed E-state index contributed by atoms with van der Waals surface area (Å²) in [6.07, 6.45) is 9.43. The zero-order chi connectivity index (χ0) is 7.40. The van der Waals surface area contributed by atoms with Crippen molar-refractivity contribution in [3.63, 3.8) is 0 Å². The van der Waals surface area contributed by atoms with Crippen molar-refractivity contribution in [3.8, 4) is 0 Å². The van der Waals surface area contributed by atoms with Crippen molar-refractivity contribution in [1.82, 2.24) is 0 Å². The van der Waals surface area contributed by atoms with Gasteiger partial charge in [0.05, 0.1) is 0 Å². The number of allylic oxidation sites excluding steroid dienone is 3. The van der Waals surface area contributed by atoms with E-state index in [1.54, 1.807) is 5.57 Å². The molecule has 0 radical (unpaired) electrons. The summed E-state index contributed by atoms with van der Waals surface area (Å²) in [5.41, 5.74) is 1.59. The Morgan fingerprint density at radius 1 is 1.40 bits per heavy atom. The first kappa shape index (κ1) is 7.59. The van der Waals surface area contributed by atoms with Crippen LogP contribution in [0.25, 0.3) is 0 Å². The zero-order valence-electron chi connectivity index (χ0n) is 6.77. The minimum Gasteiger partial charge on any atom is -0.0991 e. The van der Waals surface area contributed by atoms with E-state index < -0.39 is 0 Å². The average Bonchev–Trinajstić information content (AvgIpc) is 1.95. The Morgan fingerprint density at radius 3 is 2.50 bits per heavy atom. The molecule has 0 aromatic heterocycles. The number of hydrogen-bond donors (Lipinski definition) is 0. The Labute approximate surface area is 63.6 Å². The molecule has 0 amide bonds. The summed E-state index contributed by atoms with van der Waals surface area (Å²) in [4.78, 5) is 0. The van der Waals surface area contributed by atoms with Crippen molar-refractivity contribution < 1.29 is 0 Å². The maximum atomic E-state index is 3.70. The van der Waals surface area contributed by atoms with Crippen LogP contribution < -0.4 is 0 Å². The second kappa shape index (κ2) is 3.60. The molecule has 56 valence electrons. The molecule has 0 nitrogen and oxygen atoms in total. The molecular formula is C10H16. The Hall–Kier alpha value is -0.520. The molecular weight excluding hydrogens is 120 g/mol. The SMILES string of the molecule is C=CC=C1CCC(C)CC1. The minimum atomic E-state index is 0.946. The van der Waals surface area contributed by atoms with E-state index in [-0.39, 0.29) is 0 Å². The first-order valence-corrected chi connectivity index (χ1v) is 4.13. The lowest BCUT2D eigenvalue weighted by atomic mass is 9.87. The fourth-order valence-corrected chi connectivity index (χ4v) is 1.47. The first-order valence-electron chi connectivity index (χ1n) is 4.13. The molecule has 0 aromatic carbocycles. The summed E-state index contributed by atoms with van der Waals surface area (Å²) < 4.78 is 0. The van der Waals surface area contributed by atoms with E-state index in [9.17, 15) is 0 Å². The summed E-state index contributed by atoms with van der Waals surface area (Å²) in [6.45, 7) is 6.04. The van der Waals surface area contributed by atoms with Crippen LogP contribution in [0.3, 0.4) is 0 Å². The summed E-state index contributed by atoms with van der Waals surface area (Å²) in [6, 6.07) is 0. The molecule has 0 heteroatoms. The van der Waals surface area contributed by atoms with Crippen molar-refractivity contribution in [2.75, 3.05) is 0 Å². The van der Waals surface area contributed by atoms with Crippen LogP contribution in [0.15, 0.2) is 24.3 Å². The van der Waals surface area contributed by atoms with E-state index >= 15 is 0 Å². The van der Waals surface area contributed by atoms with E-state index in [1.807, 2.05) is 6.08 Å². The Bertz CT molecular complexity index is 132. The van der Waals surface area contributed by atoms with E-state index in [0.717, 1.165) is 5.92 Å². The maximum absolute atomic E-state index is 3.70. The van der Waals surface area contributed by atoms with Gasteiger partial charge in [-0.1, -0.05) is 31.2 Å². The van der Waals surface area contributed by atoms with Crippen LogP contribution in [0.2, 0.25) is 0 Å². The van der Waals surface area contributed by atoms with Gasteiger partial charge >= 0.3 is 0 Å². The van der Waals surface area contributed by atoms with Gasteiger partial charge in [-0.25, -0.2) is 0 Å². The third-order valence-electron chi connectivity index (χ3n) is 2.27. The monoisotopic (exact) mass is 136 g/mol. The smallest absolute Gasteiger partial charge is 0.0315 e. The highest BCUT2D eigenvalue weighted by Crippen LogP contribution is 2.27. The highest BCUT2D eigenvalue weighted by atomic mass is 14.2. The molecule has 0 N–H and O–H groups in total. The van der Waals surface area contributed by atoms with Gasteiger partial charge in [0.1, 0.15) is 0 Å². The van der Waals surface area contributed by atoms with Crippen LogP contribution in [-0.2, 0) is 0 Å². The topological polar surface area (TPSA) is 0 Å². The van der Waals surface area contributed by atoms with Crippen molar-refractivity contribution in [2.24, 2.45) is 5.92 Å². The molecule has 0 saturated heterocycles. The fraction of sp³-hybridized carbons (Fsp3) is 0.600. The number of hydrogen-bond acceptors (Lipinski definition) is 0. The van der Waals surface area contributed by atoms with E-state index in [2.05, 4.69) is 19.6 Å². The Balaban J connectivity index is 2.39. The van der Waals surface area contributed by atoms with E-state index in [4.69, 9.17) is 0 Å². The zero-order valence-corrected chi connectivity index (χ0v) is 6.77. The fourth-order valence-electron chi connectivity index (χ4n) is 1.47. The average molecular weight is 136 g/mol. The first-order chi connectivity index (χ1) is 4.83. The van der Waals surface area contributed by atoms with Crippen molar-refractivity contribution in [3.05, 3.63) is 24.3 Å². The molecule has 1 saturated carbocycles. The van der Waals surface area contributed by atoms with Gasteiger partial charge in [0, 0.05) is 0 Å². The summed E-state index contributed by atoms with van der Waals surface area (Å²) in [5, 5.41) is 0. The van der Waals surface area contributed by atoms with Gasteiger partial charge in [-0.2, -0.15) is 0 Å². The molecule has 1 rings (SSSR count). The second-order valence-corrected chi connectivity index (χ2v) is 3.24. The lowest BCUT2D eigenvalue weighted by molar-refractivity contribution is 0.444. The molecule has 0 unspecified atom stereocenters. The Morgan fingerprint density at radius 2 is 2.00 bits per heavy atom. The molecule has 0 bridgehead atoms. The standard InChI is InChI=1S/C10H16/c1-3-4-10-7-5-9(2)6-8-10/h3-4,9H,1,5-8H2,2H3. The predicted molar refractivity (Wildman–Crippen MR) is 45.9 cm³/mol. The summed E-state index contributed by atoms with van der Waals surface area (Å²) in [7, 11) is 0. The molecule has 1 aliphatic rings. The molecule has 0 heterocycles. The molecule has 0 atom stereocenters.